The van der Waals surface area contributed by atoms with Crippen molar-refractivity contribution in [1.29, 1.82) is 0 Å². The van der Waals surface area contributed by atoms with Crippen molar-refractivity contribution in [3.63, 3.8) is 0 Å². The van der Waals surface area contributed by atoms with Crippen LogP contribution < -0.4 is 10.6 Å². The highest BCUT2D eigenvalue weighted by Crippen LogP contribution is 2.21. The summed E-state index contributed by atoms with van der Waals surface area (Å²) in [7, 11) is 0. The molecule has 132 valence electrons. The average molecular weight is 349 g/mol. The SMILES string of the molecule is Cc1cc(-c2ccc(NC(=O)NC(CF)c3ccccc3)cc2)ccn1. The molecule has 1 heterocycles. The maximum atomic E-state index is 13.3. The lowest BCUT2D eigenvalue weighted by Crippen LogP contribution is -2.33. The summed E-state index contributed by atoms with van der Waals surface area (Å²) in [4.78, 5) is 16.3. The maximum Gasteiger partial charge on any atom is 0.319 e. The maximum absolute atomic E-state index is 13.3. The van der Waals surface area contributed by atoms with Crippen molar-refractivity contribution in [3.8, 4) is 11.1 Å². The van der Waals surface area contributed by atoms with Gasteiger partial charge >= 0.3 is 6.03 Å². The number of amides is 2. The number of aryl methyl sites for hydroxylation is 1. The second-order valence-corrected chi connectivity index (χ2v) is 5.98. The topological polar surface area (TPSA) is 54.0 Å². The second kappa shape index (κ2) is 8.25. The number of aromatic nitrogens is 1. The van der Waals surface area contributed by atoms with Gasteiger partial charge in [0.1, 0.15) is 6.67 Å². The first-order valence-corrected chi connectivity index (χ1v) is 8.37. The van der Waals surface area contributed by atoms with E-state index < -0.39 is 18.7 Å². The molecule has 3 rings (SSSR count). The molecular weight excluding hydrogens is 329 g/mol. The molecule has 1 aromatic heterocycles. The number of urea groups is 1. The summed E-state index contributed by atoms with van der Waals surface area (Å²) in [5, 5.41) is 5.39. The molecule has 1 atom stereocenters. The first-order valence-electron chi connectivity index (χ1n) is 8.37. The van der Waals surface area contributed by atoms with Gasteiger partial charge in [-0.1, -0.05) is 42.5 Å². The fourth-order valence-corrected chi connectivity index (χ4v) is 2.69. The monoisotopic (exact) mass is 349 g/mol. The van der Waals surface area contributed by atoms with Gasteiger partial charge < -0.3 is 10.6 Å². The molecule has 0 fully saturated rings. The van der Waals surface area contributed by atoms with Crippen molar-refractivity contribution in [2.45, 2.75) is 13.0 Å². The van der Waals surface area contributed by atoms with Gasteiger partial charge in [0, 0.05) is 17.6 Å². The predicted octanol–water partition coefficient (Wildman–Crippen LogP) is 4.89. The number of rotatable bonds is 5. The number of pyridine rings is 1. The van der Waals surface area contributed by atoms with Gasteiger partial charge in [0.25, 0.3) is 0 Å². The molecule has 26 heavy (non-hydrogen) atoms. The Kier molecular flexibility index (Phi) is 5.59. The molecule has 4 nitrogen and oxygen atoms in total. The third-order valence-electron chi connectivity index (χ3n) is 4.03. The molecule has 2 N–H and O–H groups in total. The Morgan fingerprint density at radius 2 is 1.77 bits per heavy atom. The largest absolute Gasteiger partial charge is 0.328 e. The van der Waals surface area contributed by atoms with E-state index in [2.05, 4.69) is 15.6 Å². The minimum Gasteiger partial charge on any atom is -0.328 e. The number of carbonyl (C=O) groups excluding carboxylic acids is 1. The van der Waals surface area contributed by atoms with Crippen LogP contribution in [0, 0.1) is 6.92 Å². The Labute approximate surface area is 152 Å². The number of hydrogen-bond acceptors (Lipinski definition) is 2. The summed E-state index contributed by atoms with van der Waals surface area (Å²) >= 11 is 0. The molecule has 0 aliphatic carbocycles. The number of hydrogen-bond donors (Lipinski definition) is 2. The van der Waals surface area contributed by atoms with Crippen LogP contribution in [-0.4, -0.2) is 17.7 Å². The van der Waals surface area contributed by atoms with Crippen LogP contribution in [0.4, 0.5) is 14.9 Å². The minimum absolute atomic E-state index is 0.441. The van der Waals surface area contributed by atoms with Crippen LogP contribution in [0.5, 0.6) is 0 Å². The fourth-order valence-electron chi connectivity index (χ4n) is 2.69. The van der Waals surface area contributed by atoms with Crippen LogP contribution >= 0.6 is 0 Å². The van der Waals surface area contributed by atoms with Gasteiger partial charge in [-0.05, 0) is 47.9 Å². The molecule has 0 aliphatic heterocycles. The van der Waals surface area contributed by atoms with Crippen LogP contribution in [0.1, 0.15) is 17.3 Å². The van der Waals surface area contributed by atoms with Crippen molar-refractivity contribution in [1.82, 2.24) is 10.3 Å². The van der Waals surface area contributed by atoms with E-state index in [0.717, 1.165) is 22.4 Å². The molecule has 1 unspecified atom stereocenters. The molecule has 0 bridgehead atoms. The molecule has 0 aliphatic rings. The van der Waals surface area contributed by atoms with Crippen molar-refractivity contribution in [2.24, 2.45) is 0 Å². The van der Waals surface area contributed by atoms with Crippen LogP contribution in [-0.2, 0) is 0 Å². The quantitative estimate of drug-likeness (QED) is 0.689. The molecule has 0 saturated carbocycles. The van der Waals surface area contributed by atoms with Crippen LogP contribution in [0.25, 0.3) is 11.1 Å². The summed E-state index contributed by atoms with van der Waals surface area (Å²) in [6, 6.07) is 19.4. The lowest BCUT2D eigenvalue weighted by Gasteiger charge is -2.16. The Bertz CT molecular complexity index is 866. The van der Waals surface area contributed by atoms with Gasteiger partial charge in [0.15, 0.2) is 0 Å². The van der Waals surface area contributed by atoms with E-state index in [1.165, 1.54) is 0 Å². The van der Waals surface area contributed by atoms with Gasteiger partial charge in [0.2, 0.25) is 0 Å². The summed E-state index contributed by atoms with van der Waals surface area (Å²) in [6.45, 7) is 1.27. The highest BCUT2D eigenvalue weighted by molar-refractivity contribution is 5.89. The lowest BCUT2D eigenvalue weighted by atomic mass is 10.1. The molecule has 0 saturated heterocycles. The standard InChI is InChI=1S/C21H20FN3O/c1-15-13-18(11-12-23-15)16-7-9-19(10-8-16)24-21(26)25-20(14-22)17-5-3-2-4-6-17/h2-13,20H,14H2,1H3,(H2,24,25,26). The van der Waals surface area contributed by atoms with E-state index in [0.29, 0.717) is 5.69 Å². The minimum atomic E-state index is -0.671. The fraction of sp³-hybridized carbons (Fsp3) is 0.143. The average Bonchev–Trinajstić information content (AvgIpc) is 2.67. The van der Waals surface area contributed by atoms with E-state index in [9.17, 15) is 9.18 Å². The van der Waals surface area contributed by atoms with E-state index >= 15 is 0 Å². The number of anilines is 1. The number of nitrogens with zero attached hydrogens (tertiary/aromatic N) is 1. The molecule has 5 heteroatoms. The highest BCUT2D eigenvalue weighted by Gasteiger charge is 2.14. The Balaban J connectivity index is 1.64. The summed E-state index contributed by atoms with van der Waals surface area (Å²) < 4.78 is 13.3. The first-order chi connectivity index (χ1) is 12.7. The number of alkyl halides is 1. The third kappa shape index (κ3) is 4.45. The van der Waals surface area contributed by atoms with Crippen molar-refractivity contribution in [2.75, 3.05) is 12.0 Å². The zero-order valence-corrected chi connectivity index (χ0v) is 14.4. The summed E-state index contributed by atoms with van der Waals surface area (Å²) in [5.41, 5.74) is 4.42. The van der Waals surface area contributed by atoms with Crippen molar-refractivity contribution >= 4 is 11.7 Å². The molecule has 2 aromatic carbocycles. The molecule has 2 amide bonds. The van der Waals surface area contributed by atoms with Crippen LogP contribution in [0.15, 0.2) is 72.9 Å². The van der Waals surface area contributed by atoms with Gasteiger partial charge in [-0.3, -0.25) is 4.98 Å². The predicted molar refractivity (Wildman–Crippen MR) is 102 cm³/mol. The smallest absolute Gasteiger partial charge is 0.319 e. The van der Waals surface area contributed by atoms with Gasteiger partial charge in [-0.25, -0.2) is 9.18 Å². The highest BCUT2D eigenvalue weighted by atomic mass is 19.1. The molecular formula is C21H20FN3O. The number of nitrogens with one attached hydrogen (secondary N) is 2. The zero-order chi connectivity index (χ0) is 18.4. The summed E-state index contributed by atoms with van der Waals surface area (Å²) in [6.07, 6.45) is 1.77. The van der Waals surface area contributed by atoms with Crippen molar-refractivity contribution in [3.05, 3.63) is 84.2 Å². The van der Waals surface area contributed by atoms with Gasteiger partial charge in [-0.15, -0.1) is 0 Å². The third-order valence-corrected chi connectivity index (χ3v) is 4.03. The van der Waals surface area contributed by atoms with E-state index in [-0.39, 0.29) is 0 Å². The van der Waals surface area contributed by atoms with E-state index in [4.69, 9.17) is 0 Å². The Morgan fingerprint density at radius 1 is 1.04 bits per heavy atom. The van der Waals surface area contributed by atoms with Gasteiger partial charge in [-0.2, -0.15) is 0 Å². The van der Waals surface area contributed by atoms with Crippen LogP contribution in [0.2, 0.25) is 0 Å². The number of benzene rings is 2. The number of halogens is 1. The van der Waals surface area contributed by atoms with E-state index in [1.54, 1.807) is 18.3 Å². The lowest BCUT2D eigenvalue weighted by molar-refractivity contribution is 0.245. The second-order valence-electron chi connectivity index (χ2n) is 5.98. The first kappa shape index (κ1) is 17.6. The molecule has 3 aromatic rings. The number of carbonyl (C=O) groups is 1. The molecule has 0 spiro atoms. The normalized spacial score (nSPS) is 11.6. The van der Waals surface area contributed by atoms with Crippen LogP contribution in [0.3, 0.4) is 0 Å². The van der Waals surface area contributed by atoms with Gasteiger partial charge in [0.05, 0.1) is 6.04 Å². The Hall–Kier alpha value is -3.21. The summed E-state index contributed by atoms with van der Waals surface area (Å²) in [5.74, 6) is 0. The van der Waals surface area contributed by atoms with Crippen molar-refractivity contribution < 1.29 is 9.18 Å². The van der Waals surface area contributed by atoms with E-state index in [1.807, 2.05) is 61.5 Å². The zero-order valence-electron chi connectivity index (χ0n) is 14.4. The molecule has 0 radical (unpaired) electrons. The Morgan fingerprint density at radius 3 is 2.42 bits per heavy atom.